The van der Waals surface area contributed by atoms with Crippen LogP contribution in [0.5, 0.6) is 5.75 Å². The molecule has 0 amide bonds. The van der Waals surface area contributed by atoms with Gasteiger partial charge in [-0.1, -0.05) is 45.0 Å². The van der Waals surface area contributed by atoms with Gasteiger partial charge >= 0.3 is 0 Å². The second kappa shape index (κ2) is 9.54. The van der Waals surface area contributed by atoms with Gasteiger partial charge in [-0.05, 0) is 79.5 Å². The van der Waals surface area contributed by atoms with E-state index in [1.165, 1.54) is 41.8 Å². The highest BCUT2D eigenvalue weighted by molar-refractivity contribution is 5.83. The summed E-state index contributed by atoms with van der Waals surface area (Å²) < 4.78 is 19.3. The molecule has 1 aliphatic heterocycles. The zero-order chi connectivity index (χ0) is 23.6. The first-order valence-electron chi connectivity index (χ1n) is 12.0. The Morgan fingerprint density at radius 2 is 1.70 bits per heavy atom. The van der Waals surface area contributed by atoms with Gasteiger partial charge in [-0.3, -0.25) is 4.98 Å². The summed E-state index contributed by atoms with van der Waals surface area (Å²) in [5.74, 6) is 0.534. The molecule has 174 valence electrons. The van der Waals surface area contributed by atoms with Crippen LogP contribution in [0.3, 0.4) is 0 Å². The molecule has 0 saturated carbocycles. The molecule has 0 aliphatic carbocycles. The minimum absolute atomic E-state index is 0.242. The van der Waals surface area contributed by atoms with Gasteiger partial charge in [0.05, 0.1) is 5.69 Å². The Bertz CT molecular complexity index is 1110. The molecular weight excluding hydrogens is 411 g/mol. The molecule has 0 spiro atoms. The predicted octanol–water partition coefficient (Wildman–Crippen LogP) is 7.27. The van der Waals surface area contributed by atoms with Gasteiger partial charge < -0.3 is 9.64 Å². The normalized spacial score (nSPS) is 15.5. The molecule has 1 saturated heterocycles. The van der Waals surface area contributed by atoms with E-state index < -0.39 is 0 Å². The molecule has 2 heterocycles. The highest BCUT2D eigenvalue weighted by Crippen LogP contribution is 2.41. The first-order chi connectivity index (χ1) is 15.8. The highest BCUT2D eigenvalue weighted by atomic mass is 19.1. The number of nitrogens with zero attached hydrogens (tertiary/aromatic N) is 2. The SMILES string of the molecule is CCc1c(C)nc(C)c(-c2ccc(OCc3cccc(F)c3)cc2)c1N1CCC(C)(C)CC1. The number of anilines is 1. The lowest BCUT2D eigenvalue weighted by atomic mass is 9.82. The molecular formula is C29H35FN2O. The van der Waals surface area contributed by atoms with Crippen LogP contribution in [0.4, 0.5) is 10.1 Å². The zero-order valence-corrected chi connectivity index (χ0v) is 20.5. The van der Waals surface area contributed by atoms with Crippen molar-refractivity contribution in [2.24, 2.45) is 5.41 Å². The van der Waals surface area contributed by atoms with E-state index in [-0.39, 0.29) is 5.82 Å². The number of piperidine rings is 1. The van der Waals surface area contributed by atoms with Crippen LogP contribution in [0.15, 0.2) is 48.5 Å². The topological polar surface area (TPSA) is 25.4 Å². The monoisotopic (exact) mass is 446 g/mol. The van der Waals surface area contributed by atoms with Crippen molar-refractivity contribution >= 4 is 5.69 Å². The van der Waals surface area contributed by atoms with E-state index >= 15 is 0 Å². The number of aromatic nitrogens is 1. The molecule has 0 bridgehead atoms. The summed E-state index contributed by atoms with van der Waals surface area (Å²) in [5, 5.41) is 0. The second-order valence-electron chi connectivity index (χ2n) is 9.93. The van der Waals surface area contributed by atoms with E-state index in [0.717, 1.165) is 47.8 Å². The molecule has 0 N–H and O–H groups in total. The number of benzene rings is 2. The maximum atomic E-state index is 13.4. The number of rotatable bonds is 6. The smallest absolute Gasteiger partial charge is 0.123 e. The standard InChI is InChI=1S/C29H35FN2O/c1-6-26-20(2)31-21(3)27(28(26)32-16-14-29(4,5)15-17-32)23-10-12-25(13-11-23)33-19-22-8-7-9-24(30)18-22/h7-13,18H,6,14-17,19H2,1-5H3. The van der Waals surface area contributed by atoms with Gasteiger partial charge in [0.2, 0.25) is 0 Å². The molecule has 0 radical (unpaired) electrons. The van der Waals surface area contributed by atoms with Crippen LogP contribution < -0.4 is 9.64 Å². The fourth-order valence-electron chi connectivity index (χ4n) is 4.83. The molecule has 4 rings (SSSR count). The summed E-state index contributed by atoms with van der Waals surface area (Å²) in [6, 6.07) is 14.8. The minimum atomic E-state index is -0.242. The van der Waals surface area contributed by atoms with E-state index in [1.54, 1.807) is 6.07 Å². The van der Waals surface area contributed by atoms with E-state index in [2.05, 4.69) is 51.7 Å². The Morgan fingerprint density at radius 1 is 1.00 bits per heavy atom. The van der Waals surface area contributed by atoms with Crippen LogP contribution in [-0.4, -0.2) is 18.1 Å². The van der Waals surface area contributed by atoms with Gasteiger partial charge in [-0.25, -0.2) is 4.39 Å². The molecule has 33 heavy (non-hydrogen) atoms. The van der Waals surface area contributed by atoms with Crippen LogP contribution in [0.2, 0.25) is 0 Å². The summed E-state index contributed by atoms with van der Waals surface area (Å²) in [6.07, 6.45) is 3.36. The van der Waals surface area contributed by atoms with Crippen LogP contribution >= 0.6 is 0 Å². The van der Waals surface area contributed by atoms with Gasteiger partial charge in [0.15, 0.2) is 0 Å². The maximum absolute atomic E-state index is 13.4. The van der Waals surface area contributed by atoms with Crippen LogP contribution in [0, 0.1) is 25.1 Å². The van der Waals surface area contributed by atoms with Gasteiger partial charge in [0.25, 0.3) is 0 Å². The van der Waals surface area contributed by atoms with Crippen molar-refractivity contribution in [2.75, 3.05) is 18.0 Å². The Labute approximate surface area is 197 Å². The van der Waals surface area contributed by atoms with Crippen molar-refractivity contribution in [2.45, 2.75) is 60.5 Å². The molecule has 0 atom stereocenters. The molecule has 3 nitrogen and oxygen atoms in total. The quantitative estimate of drug-likeness (QED) is 0.398. The molecule has 3 aromatic rings. The number of halogens is 1. The van der Waals surface area contributed by atoms with E-state index in [9.17, 15) is 4.39 Å². The summed E-state index contributed by atoms with van der Waals surface area (Å²) in [4.78, 5) is 7.50. The third kappa shape index (κ3) is 5.21. The lowest BCUT2D eigenvalue weighted by Gasteiger charge is -2.40. The lowest BCUT2D eigenvalue weighted by Crippen LogP contribution is -2.38. The number of pyridine rings is 1. The van der Waals surface area contributed by atoms with Crippen LogP contribution in [0.1, 0.15) is 56.1 Å². The molecule has 0 unspecified atom stereocenters. The Hall–Kier alpha value is -2.88. The van der Waals surface area contributed by atoms with Gasteiger partial charge in [-0.15, -0.1) is 0 Å². The summed E-state index contributed by atoms with van der Waals surface area (Å²) in [6.45, 7) is 13.7. The summed E-state index contributed by atoms with van der Waals surface area (Å²) >= 11 is 0. The fraction of sp³-hybridized carbons (Fsp3) is 0.414. The van der Waals surface area contributed by atoms with Crippen LogP contribution in [0.25, 0.3) is 11.1 Å². The van der Waals surface area contributed by atoms with E-state index in [1.807, 2.05) is 18.2 Å². The van der Waals surface area contributed by atoms with E-state index in [0.29, 0.717) is 12.0 Å². The summed E-state index contributed by atoms with van der Waals surface area (Å²) in [7, 11) is 0. The molecule has 1 aliphatic rings. The average Bonchev–Trinajstić information content (AvgIpc) is 2.78. The van der Waals surface area contributed by atoms with Crippen molar-refractivity contribution in [1.82, 2.24) is 4.98 Å². The Balaban J connectivity index is 1.64. The third-order valence-electron chi connectivity index (χ3n) is 6.88. The predicted molar refractivity (Wildman–Crippen MR) is 134 cm³/mol. The Kier molecular flexibility index (Phi) is 6.73. The number of aryl methyl sites for hydroxylation is 2. The third-order valence-corrected chi connectivity index (χ3v) is 6.88. The van der Waals surface area contributed by atoms with E-state index in [4.69, 9.17) is 9.72 Å². The molecule has 1 aromatic heterocycles. The Morgan fingerprint density at radius 3 is 2.33 bits per heavy atom. The van der Waals surface area contributed by atoms with Crippen molar-refractivity contribution in [3.8, 4) is 16.9 Å². The average molecular weight is 447 g/mol. The van der Waals surface area contributed by atoms with Crippen molar-refractivity contribution in [1.29, 1.82) is 0 Å². The van der Waals surface area contributed by atoms with Gasteiger partial charge in [0.1, 0.15) is 18.2 Å². The van der Waals surface area contributed by atoms with Crippen molar-refractivity contribution < 1.29 is 9.13 Å². The first kappa shape index (κ1) is 23.3. The molecule has 1 fully saturated rings. The van der Waals surface area contributed by atoms with Gasteiger partial charge in [0, 0.05) is 30.0 Å². The minimum Gasteiger partial charge on any atom is -0.489 e. The number of hydrogen-bond acceptors (Lipinski definition) is 3. The first-order valence-corrected chi connectivity index (χ1v) is 12.0. The zero-order valence-electron chi connectivity index (χ0n) is 20.5. The largest absolute Gasteiger partial charge is 0.489 e. The maximum Gasteiger partial charge on any atom is 0.123 e. The number of ether oxygens (including phenoxy) is 1. The number of hydrogen-bond donors (Lipinski definition) is 0. The molecule has 2 aromatic carbocycles. The van der Waals surface area contributed by atoms with Crippen LogP contribution in [-0.2, 0) is 13.0 Å². The fourth-order valence-corrected chi connectivity index (χ4v) is 4.83. The van der Waals surface area contributed by atoms with Crippen molar-refractivity contribution in [3.63, 3.8) is 0 Å². The van der Waals surface area contributed by atoms with Crippen molar-refractivity contribution in [3.05, 3.63) is 76.9 Å². The summed E-state index contributed by atoms with van der Waals surface area (Å²) in [5.41, 5.74) is 8.52. The second-order valence-corrected chi connectivity index (χ2v) is 9.93. The highest BCUT2D eigenvalue weighted by Gasteiger charge is 2.29. The lowest BCUT2D eigenvalue weighted by molar-refractivity contribution is 0.279. The molecule has 4 heteroatoms. The van der Waals surface area contributed by atoms with Gasteiger partial charge in [-0.2, -0.15) is 0 Å².